The zero-order chi connectivity index (χ0) is 20.9. The van der Waals surface area contributed by atoms with Gasteiger partial charge in [0.25, 0.3) is 0 Å². The van der Waals surface area contributed by atoms with Crippen molar-refractivity contribution in [3.8, 4) is 0 Å². The third-order valence-electron chi connectivity index (χ3n) is 4.28. The van der Waals surface area contributed by atoms with E-state index in [1.165, 1.54) is 0 Å². The number of nitrogens with two attached hydrogens (primary N) is 1. The highest BCUT2D eigenvalue weighted by Gasteiger charge is 2.21. The van der Waals surface area contributed by atoms with E-state index in [0.717, 1.165) is 12.0 Å². The molecule has 4 N–H and O–H groups in total. The summed E-state index contributed by atoms with van der Waals surface area (Å²) in [7, 11) is 0. The van der Waals surface area contributed by atoms with Gasteiger partial charge < -0.3 is 21.1 Å². The number of nitrogens with one attached hydrogen (secondary N) is 2. The van der Waals surface area contributed by atoms with Crippen molar-refractivity contribution in [1.82, 2.24) is 5.32 Å². The molecule has 0 spiro atoms. The number of ether oxygens (including phenoxy) is 1. The average molecular weight is 397 g/mol. The summed E-state index contributed by atoms with van der Waals surface area (Å²) in [6.45, 7) is 0.123. The van der Waals surface area contributed by atoms with Crippen LogP contribution < -0.4 is 16.4 Å². The lowest BCUT2D eigenvalue weighted by Gasteiger charge is -2.18. The fraction of sp³-hybridized carbons (Fsp3) is 0.318. The van der Waals surface area contributed by atoms with Crippen LogP contribution in [0.4, 0.5) is 10.5 Å². The summed E-state index contributed by atoms with van der Waals surface area (Å²) < 4.78 is 5.23. The van der Waals surface area contributed by atoms with Crippen LogP contribution in [0.2, 0.25) is 0 Å². The van der Waals surface area contributed by atoms with Crippen LogP contribution in [-0.4, -0.2) is 23.9 Å². The van der Waals surface area contributed by atoms with Gasteiger partial charge in [0, 0.05) is 12.1 Å². The number of rotatable bonds is 11. The summed E-state index contributed by atoms with van der Waals surface area (Å²) in [6.07, 6.45) is 2.14. The second-order valence-corrected chi connectivity index (χ2v) is 6.68. The van der Waals surface area contributed by atoms with Crippen LogP contribution in [0, 0.1) is 0 Å². The van der Waals surface area contributed by atoms with Gasteiger partial charge in [-0.05, 0) is 30.5 Å². The first-order valence-corrected chi connectivity index (χ1v) is 9.66. The van der Waals surface area contributed by atoms with E-state index in [2.05, 4.69) is 10.6 Å². The molecule has 0 bridgehead atoms. The van der Waals surface area contributed by atoms with E-state index in [1.807, 2.05) is 48.5 Å². The van der Waals surface area contributed by atoms with E-state index in [-0.39, 0.29) is 18.4 Å². The number of hydrogen-bond acceptors (Lipinski definition) is 4. The number of benzene rings is 2. The Morgan fingerprint density at radius 1 is 0.897 bits per heavy atom. The molecule has 0 aliphatic heterocycles. The normalized spacial score (nSPS) is 11.3. The summed E-state index contributed by atoms with van der Waals surface area (Å²) in [4.78, 5) is 35.7. The first kappa shape index (κ1) is 21.9. The van der Waals surface area contributed by atoms with Gasteiger partial charge in [-0.15, -0.1) is 0 Å². The van der Waals surface area contributed by atoms with Gasteiger partial charge in [0.2, 0.25) is 11.8 Å². The highest BCUT2D eigenvalue weighted by atomic mass is 16.5. The molecule has 0 radical (unpaired) electrons. The molecule has 2 rings (SSSR count). The van der Waals surface area contributed by atoms with Crippen LogP contribution in [0.1, 0.15) is 37.7 Å². The Hall–Kier alpha value is -3.35. The second-order valence-electron chi connectivity index (χ2n) is 6.68. The van der Waals surface area contributed by atoms with Gasteiger partial charge in [-0.3, -0.25) is 9.59 Å². The molecule has 7 heteroatoms. The van der Waals surface area contributed by atoms with Crippen LogP contribution in [0.25, 0.3) is 0 Å². The highest BCUT2D eigenvalue weighted by molar-refractivity contribution is 5.96. The molecule has 2 aromatic rings. The van der Waals surface area contributed by atoms with E-state index in [1.54, 1.807) is 12.1 Å². The van der Waals surface area contributed by atoms with Crippen molar-refractivity contribution in [3.63, 3.8) is 0 Å². The largest absolute Gasteiger partial charge is 0.445 e. The minimum absolute atomic E-state index is 0.123. The average Bonchev–Trinajstić information content (AvgIpc) is 2.72. The van der Waals surface area contributed by atoms with Gasteiger partial charge in [-0.25, -0.2) is 4.79 Å². The molecule has 0 aromatic heterocycles. The van der Waals surface area contributed by atoms with Crippen molar-refractivity contribution in [3.05, 3.63) is 66.2 Å². The Labute approximate surface area is 170 Å². The van der Waals surface area contributed by atoms with E-state index < -0.39 is 12.1 Å². The highest BCUT2D eigenvalue weighted by Crippen LogP contribution is 2.11. The Kier molecular flexibility index (Phi) is 9.21. The molecule has 0 saturated heterocycles. The lowest BCUT2D eigenvalue weighted by molar-refractivity contribution is -0.119. The van der Waals surface area contributed by atoms with Gasteiger partial charge in [0.1, 0.15) is 12.6 Å². The first-order valence-electron chi connectivity index (χ1n) is 9.66. The molecular formula is C22H27N3O4. The zero-order valence-electron chi connectivity index (χ0n) is 16.3. The molecule has 0 saturated carbocycles. The number of carbonyl (C=O) groups excluding carboxylic acids is 3. The standard InChI is InChI=1S/C22H27N3O4/c23-20(26)15-9-3-8-14-19(21(27)24-18-12-6-2-7-13-18)25-22(28)29-16-17-10-4-1-5-11-17/h1-2,4-7,10-13,19H,3,8-9,14-16H2,(H2,23,26)(H,24,27)(H,25,28)/t19-/m0/s1. The summed E-state index contributed by atoms with van der Waals surface area (Å²) in [5, 5.41) is 5.44. The van der Waals surface area contributed by atoms with Crippen molar-refractivity contribution in [2.75, 3.05) is 5.32 Å². The number of anilines is 1. The number of primary amides is 1. The van der Waals surface area contributed by atoms with Crippen molar-refractivity contribution >= 4 is 23.6 Å². The first-order chi connectivity index (χ1) is 14.0. The third-order valence-corrected chi connectivity index (χ3v) is 4.28. The van der Waals surface area contributed by atoms with Crippen molar-refractivity contribution in [2.45, 2.75) is 44.8 Å². The van der Waals surface area contributed by atoms with Crippen molar-refractivity contribution < 1.29 is 19.1 Å². The molecule has 0 unspecified atom stereocenters. The van der Waals surface area contributed by atoms with Crippen molar-refractivity contribution in [1.29, 1.82) is 0 Å². The van der Waals surface area contributed by atoms with Crippen LogP contribution >= 0.6 is 0 Å². The number of alkyl carbamates (subject to hydrolysis) is 1. The maximum absolute atomic E-state index is 12.6. The number of hydrogen-bond donors (Lipinski definition) is 3. The van der Waals surface area contributed by atoms with Gasteiger partial charge in [-0.2, -0.15) is 0 Å². The Bertz CT molecular complexity index is 781. The third kappa shape index (κ3) is 8.92. The van der Waals surface area contributed by atoms with E-state index in [0.29, 0.717) is 31.4 Å². The summed E-state index contributed by atoms with van der Waals surface area (Å²) in [5.41, 5.74) is 6.65. The SMILES string of the molecule is NC(=O)CCCCC[C@H](NC(=O)OCc1ccccc1)C(=O)Nc1ccccc1. The fourth-order valence-corrected chi connectivity index (χ4v) is 2.75. The van der Waals surface area contributed by atoms with Gasteiger partial charge in [0.05, 0.1) is 0 Å². The second kappa shape index (κ2) is 12.2. The quantitative estimate of drug-likeness (QED) is 0.505. The smallest absolute Gasteiger partial charge is 0.408 e. The van der Waals surface area contributed by atoms with E-state index in [4.69, 9.17) is 10.5 Å². The molecule has 0 heterocycles. The maximum Gasteiger partial charge on any atom is 0.408 e. The predicted octanol–water partition coefficient (Wildman–Crippen LogP) is 3.36. The summed E-state index contributed by atoms with van der Waals surface area (Å²) in [5.74, 6) is -0.659. The summed E-state index contributed by atoms with van der Waals surface area (Å²) >= 11 is 0. The lowest BCUT2D eigenvalue weighted by Crippen LogP contribution is -2.44. The molecular weight excluding hydrogens is 370 g/mol. The number of carbonyl (C=O) groups is 3. The molecule has 29 heavy (non-hydrogen) atoms. The van der Waals surface area contributed by atoms with Gasteiger partial charge >= 0.3 is 6.09 Å². The molecule has 154 valence electrons. The maximum atomic E-state index is 12.6. The minimum Gasteiger partial charge on any atom is -0.445 e. The van der Waals surface area contributed by atoms with Crippen LogP contribution in [0.3, 0.4) is 0 Å². The zero-order valence-corrected chi connectivity index (χ0v) is 16.3. The summed E-state index contributed by atoms with van der Waals surface area (Å²) in [6, 6.07) is 17.6. The van der Waals surface area contributed by atoms with E-state index >= 15 is 0 Å². The number of unbranched alkanes of at least 4 members (excludes halogenated alkanes) is 2. The van der Waals surface area contributed by atoms with Crippen molar-refractivity contribution in [2.24, 2.45) is 5.73 Å². The van der Waals surface area contributed by atoms with Crippen LogP contribution in [0.5, 0.6) is 0 Å². The molecule has 7 nitrogen and oxygen atoms in total. The van der Waals surface area contributed by atoms with Gasteiger partial charge in [0.15, 0.2) is 0 Å². The predicted molar refractivity (Wildman–Crippen MR) is 111 cm³/mol. The van der Waals surface area contributed by atoms with Gasteiger partial charge in [-0.1, -0.05) is 61.4 Å². The van der Waals surface area contributed by atoms with E-state index in [9.17, 15) is 14.4 Å². The molecule has 0 fully saturated rings. The Morgan fingerprint density at radius 3 is 2.21 bits per heavy atom. The molecule has 2 aromatic carbocycles. The molecule has 0 aliphatic rings. The fourth-order valence-electron chi connectivity index (χ4n) is 2.75. The van der Waals surface area contributed by atoms with Crippen LogP contribution in [-0.2, 0) is 20.9 Å². The lowest BCUT2D eigenvalue weighted by atomic mass is 10.1. The molecule has 1 atom stereocenters. The van der Waals surface area contributed by atoms with Crippen LogP contribution in [0.15, 0.2) is 60.7 Å². The topological polar surface area (TPSA) is 111 Å². The Morgan fingerprint density at radius 2 is 1.55 bits per heavy atom. The Balaban J connectivity index is 1.88. The monoisotopic (exact) mass is 397 g/mol. The molecule has 0 aliphatic carbocycles. The minimum atomic E-state index is -0.743. The number of amides is 3. The number of para-hydroxylation sites is 1. The molecule has 3 amide bonds.